The Bertz CT molecular complexity index is 310. The van der Waals surface area contributed by atoms with Crippen LogP contribution in [-0.2, 0) is 6.18 Å². The van der Waals surface area contributed by atoms with Crippen molar-refractivity contribution < 1.29 is 13.2 Å². The fraction of sp³-hybridized carbons (Fsp3) is 0.400. The highest BCUT2D eigenvalue weighted by atomic mass is 19.4. The maximum atomic E-state index is 12.3. The minimum Gasteiger partial charge on any atom is -0.385 e. The van der Waals surface area contributed by atoms with E-state index in [1.165, 1.54) is 6.07 Å². The fourth-order valence-corrected chi connectivity index (χ4v) is 1.14. The van der Waals surface area contributed by atoms with Crippen molar-refractivity contribution in [3.8, 4) is 0 Å². The second-order valence-corrected chi connectivity index (χ2v) is 3.15. The standard InChI is InChI=1S/C10H13F3N2/c11-10(12,13)8-3-1-4-9(7-8)15-6-2-5-14/h1,3-4,7,15H,2,5-6,14H2. The summed E-state index contributed by atoms with van der Waals surface area (Å²) in [5.74, 6) is 0. The Morgan fingerprint density at radius 1 is 1.27 bits per heavy atom. The first-order chi connectivity index (χ1) is 7.04. The van der Waals surface area contributed by atoms with Gasteiger partial charge in [0.25, 0.3) is 0 Å². The van der Waals surface area contributed by atoms with Gasteiger partial charge in [0.15, 0.2) is 0 Å². The number of alkyl halides is 3. The number of rotatable bonds is 4. The molecule has 3 N–H and O–H groups in total. The van der Waals surface area contributed by atoms with Crippen LogP contribution in [0.15, 0.2) is 24.3 Å². The van der Waals surface area contributed by atoms with E-state index in [2.05, 4.69) is 5.32 Å². The average Bonchev–Trinajstić information content (AvgIpc) is 2.17. The van der Waals surface area contributed by atoms with Crippen LogP contribution in [0.5, 0.6) is 0 Å². The van der Waals surface area contributed by atoms with E-state index in [-0.39, 0.29) is 0 Å². The third-order valence-electron chi connectivity index (χ3n) is 1.90. The first-order valence-corrected chi connectivity index (χ1v) is 4.65. The van der Waals surface area contributed by atoms with Crippen LogP contribution in [0.1, 0.15) is 12.0 Å². The average molecular weight is 218 g/mol. The number of halogens is 3. The molecule has 5 heteroatoms. The molecule has 0 aromatic heterocycles. The summed E-state index contributed by atoms with van der Waals surface area (Å²) in [5, 5.41) is 2.88. The lowest BCUT2D eigenvalue weighted by Gasteiger charge is -2.10. The second-order valence-electron chi connectivity index (χ2n) is 3.15. The van der Waals surface area contributed by atoms with Crippen molar-refractivity contribution in [3.63, 3.8) is 0 Å². The molecule has 0 spiro atoms. The van der Waals surface area contributed by atoms with Crippen molar-refractivity contribution in [2.75, 3.05) is 18.4 Å². The van der Waals surface area contributed by atoms with Gasteiger partial charge in [0.2, 0.25) is 0 Å². The molecule has 84 valence electrons. The van der Waals surface area contributed by atoms with Crippen LogP contribution in [0, 0.1) is 0 Å². The Labute approximate surface area is 86.3 Å². The molecule has 0 saturated heterocycles. The molecule has 0 atom stereocenters. The maximum Gasteiger partial charge on any atom is 0.416 e. The zero-order valence-electron chi connectivity index (χ0n) is 8.14. The summed E-state index contributed by atoms with van der Waals surface area (Å²) in [6, 6.07) is 5.13. The highest BCUT2D eigenvalue weighted by Crippen LogP contribution is 2.30. The van der Waals surface area contributed by atoms with Gasteiger partial charge in [-0.3, -0.25) is 0 Å². The highest BCUT2D eigenvalue weighted by molar-refractivity contribution is 5.46. The molecule has 0 bridgehead atoms. The van der Waals surface area contributed by atoms with E-state index in [1.54, 1.807) is 6.07 Å². The van der Waals surface area contributed by atoms with Crippen molar-refractivity contribution in [2.24, 2.45) is 5.73 Å². The third-order valence-corrected chi connectivity index (χ3v) is 1.90. The molecule has 0 aliphatic heterocycles. The molecule has 1 aromatic rings. The molecule has 1 rings (SSSR count). The van der Waals surface area contributed by atoms with E-state index < -0.39 is 11.7 Å². The maximum absolute atomic E-state index is 12.3. The minimum absolute atomic E-state index is 0.471. The van der Waals surface area contributed by atoms with Gasteiger partial charge in [-0.2, -0.15) is 13.2 Å². The van der Waals surface area contributed by atoms with E-state index in [4.69, 9.17) is 5.73 Å². The number of benzene rings is 1. The molecule has 1 aromatic carbocycles. The number of hydrogen-bond donors (Lipinski definition) is 2. The Kier molecular flexibility index (Phi) is 3.96. The Hall–Kier alpha value is -1.23. The number of nitrogens with one attached hydrogen (secondary N) is 1. The molecule has 15 heavy (non-hydrogen) atoms. The van der Waals surface area contributed by atoms with Gasteiger partial charge in [0.1, 0.15) is 0 Å². The van der Waals surface area contributed by atoms with E-state index in [0.717, 1.165) is 18.6 Å². The summed E-state index contributed by atoms with van der Waals surface area (Å²) in [7, 11) is 0. The van der Waals surface area contributed by atoms with E-state index >= 15 is 0 Å². The smallest absolute Gasteiger partial charge is 0.385 e. The lowest BCUT2D eigenvalue weighted by Crippen LogP contribution is -2.10. The van der Waals surface area contributed by atoms with Crippen molar-refractivity contribution in [2.45, 2.75) is 12.6 Å². The SMILES string of the molecule is NCCCNc1cccc(C(F)(F)F)c1. The van der Waals surface area contributed by atoms with Crippen LogP contribution in [0.25, 0.3) is 0 Å². The molecule has 0 unspecified atom stereocenters. The summed E-state index contributed by atoms with van der Waals surface area (Å²) in [5.41, 5.74) is 5.10. The van der Waals surface area contributed by atoms with Crippen molar-refractivity contribution in [1.29, 1.82) is 0 Å². The Morgan fingerprint density at radius 3 is 2.60 bits per heavy atom. The van der Waals surface area contributed by atoms with Crippen LogP contribution >= 0.6 is 0 Å². The molecule has 0 aliphatic carbocycles. The summed E-state index contributed by atoms with van der Waals surface area (Å²) in [4.78, 5) is 0. The van der Waals surface area contributed by atoms with Crippen molar-refractivity contribution in [1.82, 2.24) is 0 Å². The van der Waals surface area contributed by atoms with Crippen LogP contribution in [0.4, 0.5) is 18.9 Å². The zero-order valence-corrected chi connectivity index (χ0v) is 8.14. The first kappa shape index (κ1) is 11.8. The number of hydrogen-bond acceptors (Lipinski definition) is 2. The molecule has 0 amide bonds. The van der Waals surface area contributed by atoms with Gasteiger partial charge in [-0.05, 0) is 31.2 Å². The topological polar surface area (TPSA) is 38.0 Å². The Balaban J connectivity index is 2.66. The van der Waals surface area contributed by atoms with E-state index in [1.807, 2.05) is 0 Å². The van der Waals surface area contributed by atoms with Crippen LogP contribution < -0.4 is 11.1 Å². The van der Waals surface area contributed by atoms with Crippen LogP contribution in [0.2, 0.25) is 0 Å². The predicted molar refractivity (Wildman–Crippen MR) is 53.6 cm³/mol. The fourth-order valence-electron chi connectivity index (χ4n) is 1.14. The monoisotopic (exact) mass is 218 g/mol. The van der Waals surface area contributed by atoms with Gasteiger partial charge in [0, 0.05) is 12.2 Å². The van der Waals surface area contributed by atoms with Crippen LogP contribution in [-0.4, -0.2) is 13.1 Å². The van der Waals surface area contributed by atoms with E-state index in [9.17, 15) is 13.2 Å². The lowest BCUT2D eigenvalue weighted by atomic mass is 10.2. The lowest BCUT2D eigenvalue weighted by molar-refractivity contribution is -0.137. The molecule has 0 heterocycles. The Morgan fingerprint density at radius 2 is 2.00 bits per heavy atom. The molecule has 0 fully saturated rings. The highest BCUT2D eigenvalue weighted by Gasteiger charge is 2.30. The molecular weight excluding hydrogens is 205 g/mol. The van der Waals surface area contributed by atoms with Crippen molar-refractivity contribution >= 4 is 5.69 Å². The quantitative estimate of drug-likeness (QED) is 0.762. The van der Waals surface area contributed by atoms with Gasteiger partial charge in [0.05, 0.1) is 5.56 Å². The molecule has 0 radical (unpaired) electrons. The minimum atomic E-state index is -4.29. The second kappa shape index (κ2) is 5.02. The largest absolute Gasteiger partial charge is 0.416 e. The normalized spacial score (nSPS) is 11.5. The summed E-state index contributed by atoms with van der Waals surface area (Å²) < 4.78 is 36.9. The molecule has 0 aliphatic rings. The molecule has 0 saturated carbocycles. The number of anilines is 1. The van der Waals surface area contributed by atoms with Gasteiger partial charge in [-0.15, -0.1) is 0 Å². The number of nitrogens with two attached hydrogens (primary N) is 1. The summed E-state index contributed by atoms with van der Waals surface area (Å²) >= 11 is 0. The van der Waals surface area contributed by atoms with Gasteiger partial charge < -0.3 is 11.1 Å². The third kappa shape index (κ3) is 3.79. The summed E-state index contributed by atoms with van der Waals surface area (Å²) in [6.45, 7) is 1.10. The van der Waals surface area contributed by atoms with Gasteiger partial charge in [-0.1, -0.05) is 6.07 Å². The van der Waals surface area contributed by atoms with Crippen LogP contribution in [0.3, 0.4) is 0 Å². The molecule has 2 nitrogen and oxygen atoms in total. The summed E-state index contributed by atoms with van der Waals surface area (Å²) in [6.07, 6.45) is -3.55. The molecular formula is C10H13F3N2. The van der Waals surface area contributed by atoms with Gasteiger partial charge in [-0.25, -0.2) is 0 Å². The predicted octanol–water partition coefficient (Wildman–Crippen LogP) is 2.47. The zero-order chi connectivity index (χ0) is 11.3. The first-order valence-electron chi connectivity index (χ1n) is 4.65. The van der Waals surface area contributed by atoms with E-state index in [0.29, 0.717) is 18.8 Å². The van der Waals surface area contributed by atoms with Crippen molar-refractivity contribution in [3.05, 3.63) is 29.8 Å². The van der Waals surface area contributed by atoms with Gasteiger partial charge >= 0.3 is 6.18 Å².